The number of hydrogen-bond donors (Lipinski definition) is 1. The molecule has 0 aliphatic rings. The third-order valence-corrected chi connectivity index (χ3v) is 2.79. The molecule has 0 atom stereocenters. The normalized spacial score (nSPS) is 11.8. The first kappa shape index (κ1) is 12.0. The summed E-state index contributed by atoms with van der Waals surface area (Å²) in [6, 6.07) is 7.08. The second-order valence-corrected chi connectivity index (χ2v) is 4.18. The van der Waals surface area contributed by atoms with E-state index in [1.165, 1.54) is 12.1 Å². The Morgan fingerprint density at radius 2 is 1.76 bits per heavy atom. The zero-order chi connectivity index (χ0) is 12.6. The Bertz CT molecular complexity index is 566. The van der Waals surface area contributed by atoms with Crippen LogP contribution in [0.25, 0.3) is 10.8 Å². The highest BCUT2D eigenvalue weighted by atomic mass is 79.9. The lowest BCUT2D eigenvalue weighted by molar-refractivity contribution is -0.274. The van der Waals surface area contributed by atoms with Gasteiger partial charge in [-0.05, 0) is 39.5 Å². The molecule has 1 N–H and O–H groups in total. The highest BCUT2D eigenvalue weighted by molar-refractivity contribution is 9.10. The summed E-state index contributed by atoms with van der Waals surface area (Å²) >= 11 is 3.09. The Morgan fingerprint density at radius 1 is 1.12 bits per heavy atom. The van der Waals surface area contributed by atoms with E-state index < -0.39 is 6.36 Å². The van der Waals surface area contributed by atoms with E-state index in [0.717, 1.165) is 6.07 Å². The number of phenols is 1. The van der Waals surface area contributed by atoms with Gasteiger partial charge in [-0.3, -0.25) is 0 Å². The molecule has 0 unspecified atom stereocenters. The van der Waals surface area contributed by atoms with E-state index in [1.807, 2.05) is 0 Å². The summed E-state index contributed by atoms with van der Waals surface area (Å²) < 4.78 is 40.3. The van der Waals surface area contributed by atoms with Gasteiger partial charge in [-0.1, -0.05) is 12.1 Å². The van der Waals surface area contributed by atoms with E-state index in [2.05, 4.69) is 20.7 Å². The van der Waals surface area contributed by atoms with Crippen molar-refractivity contribution in [2.45, 2.75) is 6.36 Å². The van der Waals surface area contributed by atoms with Crippen molar-refractivity contribution < 1.29 is 23.0 Å². The van der Waals surface area contributed by atoms with Crippen molar-refractivity contribution in [3.05, 3.63) is 34.8 Å². The van der Waals surface area contributed by atoms with Gasteiger partial charge in [0.15, 0.2) is 0 Å². The predicted molar refractivity (Wildman–Crippen MR) is 60.0 cm³/mol. The summed E-state index contributed by atoms with van der Waals surface area (Å²) in [5, 5.41) is 10.6. The van der Waals surface area contributed by atoms with Gasteiger partial charge in [-0.25, -0.2) is 0 Å². The van der Waals surface area contributed by atoms with Crippen molar-refractivity contribution >= 4 is 26.7 Å². The molecule has 0 aliphatic heterocycles. The van der Waals surface area contributed by atoms with Gasteiger partial charge in [0.1, 0.15) is 11.5 Å². The zero-order valence-electron chi connectivity index (χ0n) is 8.25. The van der Waals surface area contributed by atoms with E-state index in [-0.39, 0.29) is 11.5 Å². The average molecular weight is 307 g/mol. The Kier molecular flexibility index (Phi) is 2.91. The molecule has 17 heavy (non-hydrogen) atoms. The molecule has 2 aromatic rings. The van der Waals surface area contributed by atoms with Gasteiger partial charge in [0.25, 0.3) is 0 Å². The third kappa shape index (κ3) is 2.63. The number of ether oxygens (including phenoxy) is 1. The summed E-state index contributed by atoms with van der Waals surface area (Å²) in [6.07, 6.45) is -4.74. The molecule has 0 heterocycles. The molecule has 0 saturated heterocycles. The Hall–Kier alpha value is -1.43. The maximum atomic E-state index is 12.0. The van der Waals surface area contributed by atoms with Gasteiger partial charge in [0.05, 0.1) is 4.47 Å². The monoisotopic (exact) mass is 306 g/mol. The minimum atomic E-state index is -4.74. The molecule has 0 bridgehead atoms. The first-order valence-electron chi connectivity index (χ1n) is 4.54. The lowest BCUT2D eigenvalue weighted by Gasteiger charge is -2.10. The van der Waals surface area contributed by atoms with Gasteiger partial charge in [0, 0.05) is 5.39 Å². The average Bonchev–Trinajstić information content (AvgIpc) is 2.22. The largest absolute Gasteiger partial charge is 0.573 e. The molecular weight excluding hydrogens is 301 g/mol. The van der Waals surface area contributed by atoms with Crippen molar-refractivity contribution in [1.29, 1.82) is 0 Å². The fourth-order valence-electron chi connectivity index (χ4n) is 1.45. The standard InChI is InChI=1S/C11H6BrF3O2/c12-9-4-2-6-1-3-7(17-11(13,14)15)5-8(6)10(9)16/h1-5,16H. The molecule has 90 valence electrons. The number of hydrogen-bond acceptors (Lipinski definition) is 2. The molecule has 0 spiro atoms. The maximum Gasteiger partial charge on any atom is 0.573 e. The molecule has 0 saturated carbocycles. The van der Waals surface area contributed by atoms with Gasteiger partial charge in [-0.15, -0.1) is 13.2 Å². The van der Waals surface area contributed by atoms with Gasteiger partial charge < -0.3 is 9.84 Å². The minimum Gasteiger partial charge on any atom is -0.506 e. The lowest BCUT2D eigenvalue weighted by Crippen LogP contribution is -2.16. The highest BCUT2D eigenvalue weighted by Gasteiger charge is 2.31. The second kappa shape index (κ2) is 4.10. The Balaban J connectivity index is 2.53. The number of rotatable bonds is 1. The lowest BCUT2D eigenvalue weighted by atomic mass is 10.1. The summed E-state index contributed by atoms with van der Waals surface area (Å²) in [5.41, 5.74) is 0. The molecule has 0 radical (unpaired) electrons. The smallest absolute Gasteiger partial charge is 0.506 e. The minimum absolute atomic E-state index is 0.116. The zero-order valence-corrected chi connectivity index (χ0v) is 9.84. The quantitative estimate of drug-likeness (QED) is 0.855. The van der Waals surface area contributed by atoms with Crippen LogP contribution in [0.5, 0.6) is 11.5 Å². The number of fused-ring (bicyclic) bond motifs is 1. The van der Waals surface area contributed by atoms with Gasteiger partial charge in [0.2, 0.25) is 0 Å². The number of alkyl halides is 3. The van der Waals surface area contributed by atoms with Crippen LogP contribution in [0.4, 0.5) is 13.2 Å². The van der Waals surface area contributed by atoms with Crippen LogP contribution in [0.15, 0.2) is 34.8 Å². The van der Waals surface area contributed by atoms with Crippen molar-refractivity contribution in [3.8, 4) is 11.5 Å². The first-order chi connectivity index (χ1) is 7.87. The van der Waals surface area contributed by atoms with Crippen LogP contribution in [0.1, 0.15) is 0 Å². The van der Waals surface area contributed by atoms with Crippen LogP contribution in [-0.2, 0) is 0 Å². The maximum absolute atomic E-state index is 12.0. The van der Waals surface area contributed by atoms with Gasteiger partial charge in [-0.2, -0.15) is 0 Å². The topological polar surface area (TPSA) is 29.5 Å². The fourth-order valence-corrected chi connectivity index (χ4v) is 1.80. The van der Waals surface area contributed by atoms with Crippen molar-refractivity contribution in [3.63, 3.8) is 0 Å². The first-order valence-corrected chi connectivity index (χ1v) is 5.33. The fraction of sp³-hybridized carbons (Fsp3) is 0.0909. The van der Waals surface area contributed by atoms with Crippen LogP contribution < -0.4 is 4.74 Å². The van der Waals surface area contributed by atoms with E-state index in [9.17, 15) is 18.3 Å². The van der Waals surface area contributed by atoms with Crippen LogP contribution >= 0.6 is 15.9 Å². The van der Waals surface area contributed by atoms with E-state index in [1.54, 1.807) is 12.1 Å². The van der Waals surface area contributed by atoms with Crippen LogP contribution in [0, 0.1) is 0 Å². The van der Waals surface area contributed by atoms with Crippen molar-refractivity contribution in [2.24, 2.45) is 0 Å². The Morgan fingerprint density at radius 3 is 2.41 bits per heavy atom. The number of phenolic OH excluding ortho intramolecular Hbond substituents is 1. The van der Waals surface area contributed by atoms with E-state index in [0.29, 0.717) is 15.2 Å². The van der Waals surface area contributed by atoms with Crippen molar-refractivity contribution in [2.75, 3.05) is 0 Å². The number of benzene rings is 2. The number of aromatic hydroxyl groups is 1. The second-order valence-electron chi connectivity index (χ2n) is 3.33. The summed E-state index contributed by atoms with van der Waals surface area (Å²) in [4.78, 5) is 0. The van der Waals surface area contributed by atoms with Crippen LogP contribution in [0.2, 0.25) is 0 Å². The van der Waals surface area contributed by atoms with Crippen LogP contribution in [0.3, 0.4) is 0 Å². The predicted octanol–water partition coefficient (Wildman–Crippen LogP) is 4.21. The molecular formula is C11H6BrF3O2. The molecule has 0 aromatic heterocycles. The molecule has 2 rings (SSSR count). The molecule has 0 amide bonds. The number of halogens is 4. The molecule has 0 fully saturated rings. The summed E-state index contributed by atoms with van der Waals surface area (Å²) in [5.74, 6) is -0.478. The SMILES string of the molecule is Oc1c(Br)ccc2ccc(OC(F)(F)F)cc12. The molecule has 2 nitrogen and oxygen atoms in total. The third-order valence-electron chi connectivity index (χ3n) is 2.15. The van der Waals surface area contributed by atoms with Crippen molar-refractivity contribution in [1.82, 2.24) is 0 Å². The van der Waals surface area contributed by atoms with E-state index in [4.69, 9.17) is 0 Å². The Labute approximate surface area is 103 Å². The molecule has 6 heteroatoms. The van der Waals surface area contributed by atoms with Crippen LogP contribution in [-0.4, -0.2) is 11.5 Å². The molecule has 0 aliphatic carbocycles. The summed E-state index contributed by atoms with van der Waals surface area (Å²) in [7, 11) is 0. The molecule has 2 aromatic carbocycles. The van der Waals surface area contributed by atoms with Gasteiger partial charge >= 0.3 is 6.36 Å². The summed E-state index contributed by atoms with van der Waals surface area (Å²) in [6.45, 7) is 0. The van der Waals surface area contributed by atoms with E-state index >= 15 is 0 Å². The highest BCUT2D eigenvalue weighted by Crippen LogP contribution is 2.35.